The Bertz CT molecular complexity index is 421. The average molecular weight is 313 g/mol. The number of nitrogens with one attached hydrogen (secondary N) is 1. The summed E-state index contributed by atoms with van der Waals surface area (Å²) in [5.74, 6) is -0.159. The number of amides is 1. The smallest absolute Gasteiger partial charge is 0.260 e. The Labute approximate surface area is 116 Å². The highest BCUT2D eigenvalue weighted by Crippen LogP contribution is 2.13. The lowest BCUT2D eigenvalue weighted by Gasteiger charge is -2.09. The molecule has 1 atom stereocenters. The van der Waals surface area contributed by atoms with E-state index in [0.717, 1.165) is 16.5 Å². The lowest BCUT2D eigenvalue weighted by Crippen LogP contribution is -2.34. The molecule has 1 amide bonds. The van der Waals surface area contributed by atoms with Crippen molar-refractivity contribution < 1.29 is 9.63 Å². The first-order chi connectivity index (χ1) is 8.63. The predicted molar refractivity (Wildman–Crippen MR) is 75.6 cm³/mol. The number of rotatable bonds is 6. The number of benzene rings is 1. The molecule has 0 aliphatic heterocycles. The standard InChI is InChI=1S/C13H17BrN2O2/c1-3-10(2)16-13(17)9-18-15-8-11-6-4-5-7-12(11)14/h4-8,10H,3,9H2,1-2H3,(H,16,17)/b15-8-/t10-/m0/s1. The molecule has 18 heavy (non-hydrogen) atoms. The molecule has 0 radical (unpaired) electrons. The van der Waals surface area contributed by atoms with Gasteiger partial charge in [-0.05, 0) is 19.4 Å². The van der Waals surface area contributed by atoms with Gasteiger partial charge in [-0.2, -0.15) is 0 Å². The van der Waals surface area contributed by atoms with Crippen molar-refractivity contribution in [3.05, 3.63) is 34.3 Å². The zero-order chi connectivity index (χ0) is 13.4. The molecule has 0 aliphatic carbocycles. The topological polar surface area (TPSA) is 50.7 Å². The van der Waals surface area contributed by atoms with Gasteiger partial charge in [-0.1, -0.05) is 46.2 Å². The molecule has 0 spiro atoms. The minimum absolute atomic E-state index is 0.0642. The van der Waals surface area contributed by atoms with E-state index in [1.54, 1.807) is 6.21 Å². The van der Waals surface area contributed by atoms with E-state index in [-0.39, 0.29) is 18.6 Å². The van der Waals surface area contributed by atoms with Gasteiger partial charge in [0.2, 0.25) is 0 Å². The van der Waals surface area contributed by atoms with E-state index < -0.39 is 0 Å². The Morgan fingerprint density at radius 1 is 1.56 bits per heavy atom. The monoisotopic (exact) mass is 312 g/mol. The SMILES string of the molecule is CC[C@H](C)NC(=O)CO/N=C\c1ccccc1Br. The summed E-state index contributed by atoms with van der Waals surface area (Å²) in [5.41, 5.74) is 0.903. The molecule has 0 unspecified atom stereocenters. The summed E-state index contributed by atoms with van der Waals surface area (Å²) < 4.78 is 0.932. The minimum Gasteiger partial charge on any atom is -0.386 e. The molecule has 0 aromatic heterocycles. The van der Waals surface area contributed by atoms with Crippen molar-refractivity contribution >= 4 is 28.1 Å². The normalized spacial score (nSPS) is 12.4. The van der Waals surface area contributed by atoms with Gasteiger partial charge in [0.1, 0.15) is 0 Å². The van der Waals surface area contributed by atoms with Gasteiger partial charge < -0.3 is 10.2 Å². The predicted octanol–water partition coefficient (Wildman–Crippen LogP) is 2.71. The molecule has 0 bridgehead atoms. The van der Waals surface area contributed by atoms with Crippen LogP contribution in [0.1, 0.15) is 25.8 Å². The van der Waals surface area contributed by atoms with E-state index in [4.69, 9.17) is 4.84 Å². The minimum atomic E-state index is -0.159. The fourth-order valence-corrected chi connectivity index (χ4v) is 1.58. The number of carbonyl (C=O) groups excluding carboxylic acids is 1. The molecule has 1 aromatic rings. The van der Waals surface area contributed by atoms with Crippen LogP contribution < -0.4 is 5.32 Å². The second kappa shape index (κ2) is 7.87. The Morgan fingerprint density at radius 2 is 2.28 bits per heavy atom. The van der Waals surface area contributed by atoms with Crippen LogP contribution in [0.2, 0.25) is 0 Å². The molecule has 0 fully saturated rings. The first-order valence-corrected chi connectivity index (χ1v) is 6.62. The van der Waals surface area contributed by atoms with Crippen LogP contribution in [0, 0.1) is 0 Å². The van der Waals surface area contributed by atoms with Crippen LogP contribution in [0.3, 0.4) is 0 Å². The van der Waals surface area contributed by atoms with Crippen LogP contribution in [-0.4, -0.2) is 24.8 Å². The number of nitrogens with zero attached hydrogens (tertiary/aromatic N) is 1. The van der Waals surface area contributed by atoms with E-state index >= 15 is 0 Å². The van der Waals surface area contributed by atoms with Gasteiger partial charge >= 0.3 is 0 Å². The average Bonchev–Trinajstić information content (AvgIpc) is 2.36. The van der Waals surface area contributed by atoms with Gasteiger partial charge in [0, 0.05) is 16.1 Å². The second-order valence-corrected chi connectivity index (χ2v) is 4.76. The van der Waals surface area contributed by atoms with Crippen molar-refractivity contribution in [2.24, 2.45) is 5.16 Å². The van der Waals surface area contributed by atoms with Crippen LogP contribution >= 0.6 is 15.9 Å². The number of hydrogen-bond acceptors (Lipinski definition) is 3. The second-order valence-electron chi connectivity index (χ2n) is 3.91. The van der Waals surface area contributed by atoms with Gasteiger partial charge in [-0.25, -0.2) is 0 Å². The molecule has 0 saturated carbocycles. The van der Waals surface area contributed by atoms with E-state index in [2.05, 4.69) is 26.4 Å². The van der Waals surface area contributed by atoms with Crippen molar-refractivity contribution in [1.29, 1.82) is 0 Å². The molecular formula is C13H17BrN2O2. The highest BCUT2D eigenvalue weighted by molar-refractivity contribution is 9.10. The van der Waals surface area contributed by atoms with Gasteiger partial charge in [-0.15, -0.1) is 0 Å². The van der Waals surface area contributed by atoms with Crippen molar-refractivity contribution in [3.63, 3.8) is 0 Å². The van der Waals surface area contributed by atoms with Crippen molar-refractivity contribution in [3.8, 4) is 0 Å². The molecule has 0 saturated heterocycles. The fourth-order valence-electron chi connectivity index (χ4n) is 1.19. The third-order valence-corrected chi connectivity index (χ3v) is 3.11. The number of hydrogen-bond donors (Lipinski definition) is 1. The van der Waals surface area contributed by atoms with Crippen LogP contribution in [0.5, 0.6) is 0 Å². The molecule has 98 valence electrons. The van der Waals surface area contributed by atoms with E-state index in [1.165, 1.54) is 0 Å². The lowest BCUT2D eigenvalue weighted by molar-refractivity contribution is -0.126. The third-order valence-electron chi connectivity index (χ3n) is 2.39. The van der Waals surface area contributed by atoms with Gasteiger partial charge in [0.15, 0.2) is 6.61 Å². The molecule has 1 aromatic carbocycles. The largest absolute Gasteiger partial charge is 0.386 e. The Morgan fingerprint density at radius 3 is 2.94 bits per heavy atom. The van der Waals surface area contributed by atoms with Crippen LogP contribution in [0.25, 0.3) is 0 Å². The molecule has 5 heteroatoms. The summed E-state index contributed by atoms with van der Waals surface area (Å²) in [6, 6.07) is 7.80. The third kappa shape index (κ3) is 5.31. The van der Waals surface area contributed by atoms with Gasteiger partial charge in [-0.3, -0.25) is 4.79 Å². The molecule has 0 aliphatic rings. The Kier molecular flexibility index (Phi) is 6.43. The van der Waals surface area contributed by atoms with Crippen LogP contribution in [0.4, 0.5) is 0 Å². The van der Waals surface area contributed by atoms with E-state index in [9.17, 15) is 4.79 Å². The fraction of sp³-hybridized carbons (Fsp3) is 0.385. The summed E-state index contributed by atoms with van der Waals surface area (Å²) in [4.78, 5) is 16.3. The van der Waals surface area contributed by atoms with Crippen molar-refractivity contribution in [1.82, 2.24) is 5.32 Å². The maximum Gasteiger partial charge on any atom is 0.260 e. The Hall–Kier alpha value is -1.36. The van der Waals surface area contributed by atoms with E-state index in [1.807, 2.05) is 38.1 Å². The number of halogens is 1. The summed E-state index contributed by atoms with van der Waals surface area (Å²) in [7, 11) is 0. The number of carbonyl (C=O) groups is 1. The first kappa shape index (κ1) is 14.7. The van der Waals surface area contributed by atoms with Crippen LogP contribution in [-0.2, 0) is 9.63 Å². The van der Waals surface area contributed by atoms with E-state index in [0.29, 0.717) is 0 Å². The lowest BCUT2D eigenvalue weighted by atomic mass is 10.2. The van der Waals surface area contributed by atoms with Gasteiger partial charge in [0.25, 0.3) is 5.91 Å². The van der Waals surface area contributed by atoms with Crippen molar-refractivity contribution in [2.75, 3.05) is 6.61 Å². The molecule has 1 rings (SSSR count). The van der Waals surface area contributed by atoms with Gasteiger partial charge in [0.05, 0.1) is 6.21 Å². The quantitative estimate of drug-likeness (QED) is 0.648. The number of oxime groups is 1. The van der Waals surface area contributed by atoms with Crippen LogP contribution in [0.15, 0.2) is 33.9 Å². The maximum atomic E-state index is 11.4. The molecular weight excluding hydrogens is 296 g/mol. The maximum absolute atomic E-state index is 11.4. The zero-order valence-electron chi connectivity index (χ0n) is 10.5. The highest BCUT2D eigenvalue weighted by atomic mass is 79.9. The van der Waals surface area contributed by atoms with Crippen molar-refractivity contribution in [2.45, 2.75) is 26.3 Å². The molecule has 4 nitrogen and oxygen atoms in total. The summed E-state index contributed by atoms with van der Waals surface area (Å²) in [6.45, 7) is 3.89. The summed E-state index contributed by atoms with van der Waals surface area (Å²) in [6.07, 6.45) is 2.46. The Balaban J connectivity index is 2.34. The summed E-state index contributed by atoms with van der Waals surface area (Å²) >= 11 is 3.39. The highest BCUT2D eigenvalue weighted by Gasteiger charge is 2.04. The first-order valence-electron chi connectivity index (χ1n) is 5.82. The summed E-state index contributed by atoms with van der Waals surface area (Å²) in [5, 5.41) is 6.55. The molecule has 0 heterocycles. The zero-order valence-corrected chi connectivity index (χ0v) is 12.1. The molecule has 1 N–H and O–H groups in total.